The van der Waals surface area contributed by atoms with Crippen molar-refractivity contribution in [2.45, 2.75) is 37.8 Å². The van der Waals surface area contributed by atoms with Crippen LogP contribution in [0.3, 0.4) is 0 Å². The number of benzene rings is 1. The molecule has 1 aromatic carbocycles. The van der Waals surface area contributed by atoms with E-state index in [-0.39, 0.29) is 5.60 Å². The van der Waals surface area contributed by atoms with Gasteiger partial charge >= 0.3 is 0 Å². The minimum Gasteiger partial charge on any atom is -0.374 e. The van der Waals surface area contributed by atoms with Crippen LogP contribution in [0.25, 0.3) is 0 Å². The Balaban J connectivity index is 2.12. The lowest BCUT2D eigenvalue weighted by Crippen LogP contribution is -2.48. The van der Waals surface area contributed by atoms with Gasteiger partial charge in [0.25, 0.3) is 0 Å². The van der Waals surface area contributed by atoms with E-state index in [4.69, 9.17) is 16.3 Å². The number of hydrogen-bond donors (Lipinski definition) is 1. The van der Waals surface area contributed by atoms with E-state index in [1.165, 1.54) is 5.56 Å². The molecule has 2 unspecified atom stereocenters. The summed E-state index contributed by atoms with van der Waals surface area (Å²) < 4.78 is 5.90. The lowest BCUT2D eigenvalue weighted by atomic mass is 9.88. The van der Waals surface area contributed by atoms with Gasteiger partial charge in [-0.05, 0) is 44.9 Å². The standard InChI is InChI=1S/C14H20ClNO/c1-14(8-5-9-17-14)13(16-2)10-11-6-3-4-7-12(11)15/h3-4,6-7,13,16H,5,8-10H2,1-2H3. The quantitative estimate of drug-likeness (QED) is 0.891. The Labute approximate surface area is 108 Å². The lowest BCUT2D eigenvalue weighted by Gasteiger charge is -2.33. The monoisotopic (exact) mass is 253 g/mol. The van der Waals surface area contributed by atoms with Crippen LogP contribution in [0, 0.1) is 0 Å². The van der Waals surface area contributed by atoms with Crippen LogP contribution in [0.15, 0.2) is 24.3 Å². The van der Waals surface area contributed by atoms with Gasteiger partial charge in [-0.2, -0.15) is 0 Å². The predicted molar refractivity (Wildman–Crippen MR) is 71.6 cm³/mol. The van der Waals surface area contributed by atoms with Crippen LogP contribution in [-0.4, -0.2) is 25.3 Å². The molecule has 0 radical (unpaired) electrons. The fourth-order valence-corrected chi connectivity index (χ4v) is 2.80. The summed E-state index contributed by atoms with van der Waals surface area (Å²) in [6.45, 7) is 3.06. The average molecular weight is 254 g/mol. The van der Waals surface area contributed by atoms with Crippen molar-refractivity contribution in [2.75, 3.05) is 13.7 Å². The molecule has 1 aromatic rings. The van der Waals surface area contributed by atoms with Crippen LogP contribution < -0.4 is 5.32 Å². The van der Waals surface area contributed by atoms with E-state index in [1.807, 2.05) is 25.2 Å². The van der Waals surface area contributed by atoms with E-state index >= 15 is 0 Å². The maximum absolute atomic E-state index is 6.21. The fourth-order valence-electron chi connectivity index (χ4n) is 2.58. The molecule has 2 rings (SSSR count). The maximum Gasteiger partial charge on any atom is 0.0810 e. The molecule has 0 aromatic heterocycles. The summed E-state index contributed by atoms with van der Waals surface area (Å²) in [6.07, 6.45) is 3.17. The van der Waals surface area contributed by atoms with E-state index in [0.29, 0.717) is 6.04 Å². The number of halogens is 1. The third-order valence-corrected chi connectivity index (χ3v) is 4.09. The summed E-state index contributed by atoms with van der Waals surface area (Å²) in [6, 6.07) is 8.34. The van der Waals surface area contributed by atoms with Gasteiger partial charge in [-0.25, -0.2) is 0 Å². The van der Waals surface area contributed by atoms with Crippen molar-refractivity contribution in [1.29, 1.82) is 0 Å². The van der Waals surface area contributed by atoms with Gasteiger partial charge in [-0.3, -0.25) is 0 Å². The van der Waals surface area contributed by atoms with Crippen molar-refractivity contribution in [3.8, 4) is 0 Å². The van der Waals surface area contributed by atoms with Crippen LogP contribution in [0.2, 0.25) is 5.02 Å². The smallest absolute Gasteiger partial charge is 0.0810 e. The van der Waals surface area contributed by atoms with Crippen LogP contribution in [0.5, 0.6) is 0 Å². The molecule has 0 saturated carbocycles. The number of likely N-dealkylation sites (N-methyl/N-ethyl adjacent to an activating group) is 1. The predicted octanol–water partition coefficient (Wildman–Crippen LogP) is 3.04. The van der Waals surface area contributed by atoms with Gasteiger partial charge in [0.1, 0.15) is 0 Å². The molecule has 0 amide bonds. The van der Waals surface area contributed by atoms with Gasteiger partial charge in [-0.15, -0.1) is 0 Å². The fraction of sp³-hybridized carbons (Fsp3) is 0.571. The van der Waals surface area contributed by atoms with E-state index in [0.717, 1.165) is 30.9 Å². The highest BCUT2D eigenvalue weighted by molar-refractivity contribution is 6.31. The lowest BCUT2D eigenvalue weighted by molar-refractivity contribution is -0.00942. The second-order valence-corrected chi connectivity index (χ2v) is 5.31. The molecular formula is C14H20ClNO. The Morgan fingerprint density at radius 1 is 1.47 bits per heavy atom. The molecule has 1 heterocycles. The summed E-state index contributed by atoms with van der Waals surface area (Å²) in [4.78, 5) is 0. The number of rotatable bonds is 4. The maximum atomic E-state index is 6.21. The van der Waals surface area contributed by atoms with Gasteiger partial charge in [-0.1, -0.05) is 29.8 Å². The van der Waals surface area contributed by atoms with Gasteiger partial charge in [0.15, 0.2) is 0 Å². The molecule has 17 heavy (non-hydrogen) atoms. The van der Waals surface area contributed by atoms with Crippen LogP contribution in [0.1, 0.15) is 25.3 Å². The van der Waals surface area contributed by atoms with Gasteiger partial charge in [0.05, 0.1) is 5.60 Å². The molecule has 94 valence electrons. The molecule has 1 N–H and O–H groups in total. The molecule has 1 saturated heterocycles. The van der Waals surface area contributed by atoms with Gasteiger partial charge < -0.3 is 10.1 Å². The number of ether oxygens (including phenoxy) is 1. The molecule has 3 heteroatoms. The van der Waals surface area contributed by atoms with Crippen molar-refractivity contribution in [2.24, 2.45) is 0 Å². The summed E-state index contributed by atoms with van der Waals surface area (Å²) in [7, 11) is 1.99. The van der Waals surface area contributed by atoms with Crippen LogP contribution >= 0.6 is 11.6 Å². The highest BCUT2D eigenvalue weighted by Gasteiger charge is 2.37. The molecule has 1 aliphatic heterocycles. The van der Waals surface area contributed by atoms with E-state index in [1.54, 1.807) is 0 Å². The Morgan fingerprint density at radius 2 is 2.24 bits per heavy atom. The van der Waals surface area contributed by atoms with Crippen molar-refractivity contribution in [3.63, 3.8) is 0 Å². The van der Waals surface area contributed by atoms with Gasteiger partial charge in [0, 0.05) is 17.7 Å². The van der Waals surface area contributed by atoms with E-state index in [2.05, 4.69) is 18.3 Å². The van der Waals surface area contributed by atoms with Crippen LogP contribution in [0.4, 0.5) is 0 Å². The normalized spacial score (nSPS) is 26.1. The molecular weight excluding hydrogens is 234 g/mol. The first-order valence-corrected chi connectivity index (χ1v) is 6.58. The van der Waals surface area contributed by atoms with Gasteiger partial charge in [0.2, 0.25) is 0 Å². The highest BCUT2D eigenvalue weighted by Crippen LogP contribution is 2.31. The van der Waals surface area contributed by atoms with Crippen molar-refractivity contribution in [3.05, 3.63) is 34.9 Å². The molecule has 0 bridgehead atoms. The summed E-state index contributed by atoms with van der Waals surface area (Å²) in [5.74, 6) is 0. The third kappa shape index (κ3) is 2.82. The van der Waals surface area contributed by atoms with Crippen LogP contribution in [-0.2, 0) is 11.2 Å². The molecule has 0 aliphatic carbocycles. The minimum absolute atomic E-state index is 0.0616. The average Bonchev–Trinajstić information content (AvgIpc) is 2.76. The van der Waals surface area contributed by atoms with Crippen molar-refractivity contribution >= 4 is 11.6 Å². The zero-order valence-corrected chi connectivity index (χ0v) is 11.3. The summed E-state index contributed by atoms with van der Waals surface area (Å²) in [5.41, 5.74) is 1.12. The zero-order chi connectivity index (χ0) is 12.3. The van der Waals surface area contributed by atoms with E-state index in [9.17, 15) is 0 Å². The van der Waals surface area contributed by atoms with E-state index < -0.39 is 0 Å². The minimum atomic E-state index is -0.0616. The van der Waals surface area contributed by atoms with Crippen molar-refractivity contribution in [1.82, 2.24) is 5.32 Å². The molecule has 0 spiro atoms. The number of hydrogen-bond acceptors (Lipinski definition) is 2. The topological polar surface area (TPSA) is 21.3 Å². The summed E-state index contributed by atoms with van der Waals surface area (Å²) >= 11 is 6.21. The summed E-state index contributed by atoms with van der Waals surface area (Å²) in [5, 5.41) is 4.22. The Hall–Kier alpha value is -0.570. The highest BCUT2D eigenvalue weighted by atomic mass is 35.5. The van der Waals surface area contributed by atoms with Crippen molar-refractivity contribution < 1.29 is 4.74 Å². The second kappa shape index (κ2) is 5.38. The Bertz CT molecular complexity index is 374. The second-order valence-electron chi connectivity index (χ2n) is 4.90. The largest absolute Gasteiger partial charge is 0.374 e. The molecule has 1 aliphatic rings. The SMILES string of the molecule is CNC(Cc1ccccc1Cl)C1(C)CCCO1. The zero-order valence-electron chi connectivity index (χ0n) is 10.5. The first kappa shape index (κ1) is 12.9. The Kier molecular flexibility index (Phi) is 4.08. The number of nitrogens with one attached hydrogen (secondary N) is 1. The third-order valence-electron chi connectivity index (χ3n) is 3.72. The first-order chi connectivity index (χ1) is 8.15. The first-order valence-electron chi connectivity index (χ1n) is 6.20. The Morgan fingerprint density at radius 3 is 2.82 bits per heavy atom. The molecule has 2 atom stereocenters. The molecule has 1 fully saturated rings. The molecule has 2 nitrogen and oxygen atoms in total.